The largest absolute Gasteiger partial charge is 0.354 e. The number of hydrogen-bond donors (Lipinski definition) is 1. The van der Waals surface area contributed by atoms with E-state index in [4.69, 9.17) is 11.6 Å². The molecular weight excluding hydrogens is 534 g/mol. The molecule has 0 saturated carbocycles. The van der Waals surface area contributed by atoms with E-state index in [-0.39, 0.29) is 17.3 Å². The van der Waals surface area contributed by atoms with Crippen LogP contribution in [-0.2, 0) is 26.2 Å². The van der Waals surface area contributed by atoms with Gasteiger partial charge >= 0.3 is 0 Å². The Kier molecular flexibility index (Phi) is 10.5. The van der Waals surface area contributed by atoms with Crippen molar-refractivity contribution in [3.05, 3.63) is 94.5 Å². The molecule has 208 valence electrons. The maximum atomic E-state index is 13.9. The van der Waals surface area contributed by atoms with E-state index in [2.05, 4.69) is 5.32 Å². The fourth-order valence-corrected chi connectivity index (χ4v) is 5.76. The highest BCUT2D eigenvalue weighted by atomic mass is 35.5. The standard InChI is InChI=1S/C30H36ClN3O4S/c1-5-6-19-32-30(36)24(4)33(20-25-11-8-7-9-12-25)29(35)21-34(28-14-10-13-27(31)23(28)3)39(37,38)26-17-15-22(2)16-18-26/h7-18,24H,5-6,19-21H2,1-4H3,(H,32,36)/t24-/m1/s1. The summed E-state index contributed by atoms with van der Waals surface area (Å²) in [5, 5.41) is 3.27. The quantitative estimate of drug-likeness (QED) is 0.292. The molecule has 0 radical (unpaired) electrons. The second kappa shape index (κ2) is 13.6. The smallest absolute Gasteiger partial charge is 0.264 e. The topological polar surface area (TPSA) is 86.8 Å². The Labute approximate surface area is 236 Å². The van der Waals surface area contributed by atoms with Crippen LogP contribution in [0, 0.1) is 13.8 Å². The lowest BCUT2D eigenvalue weighted by Gasteiger charge is -2.32. The number of aryl methyl sites for hydroxylation is 1. The number of anilines is 1. The zero-order valence-electron chi connectivity index (χ0n) is 22.9. The van der Waals surface area contributed by atoms with Gasteiger partial charge in [-0.15, -0.1) is 0 Å². The molecule has 2 amide bonds. The van der Waals surface area contributed by atoms with Gasteiger partial charge in [0.15, 0.2) is 0 Å². The van der Waals surface area contributed by atoms with Crippen LogP contribution in [0.3, 0.4) is 0 Å². The first-order valence-corrected chi connectivity index (χ1v) is 14.8. The molecule has 1 atom stereocenters. The van der Waals surface area contributed by atoms with Crippen LogP contribution in [0.2, 0.25) is 5.02 Å². The lowest BCUT2D eigenvalue weighted by Crippen LogP contribution is -2.51. The number of carbonyl (C=O) groups is 2. The molecule has 1 N–H and O–H groups in total. The minimum Gasteiger partial charge on any atom is -0.354 e. The monoisotopic (exact) mass is 569 g/mol. The van der Waals surface area contributed by atoms with Crippen LogP contribution in [-0.4, -0.2) is 44.3 Å². The van der Waals surface area contributed by atoms with Crippen LogP contribution >= 0.6 is 11.6 Å². The average molecular weight is 570 g/mol. The highest BCUT2D eigenvalue weighted by molar-refractivity contribution is 7.92. The molecule has 0 heterocycles. The minimum atomic E-state index is -4.15. The molecular formula is C30H36ClN3O4S. The molecule has 0 aliphatic carbocycles. The SMILES string of the molecule is CCCCNC(=O)[C@@H](C)N(Cc1ccccc1)C(=O)CN(c1cccc(Cl)c1C)S(=O)(=O)c1ccc(C)cc1. The Morgan fingerprint density at radius 1 is 0.949 bits per heavy atom. The average Bonchev–Trinajstić information content (AvgIpc) is 2.92. The van der Waals surface area contributed by atoms with E-state index in [1.54, 1.807) is 44.2 Å². The number of hydrogen-bond acceptors (Lipinski definition) is 4. The van der Waals surface area contributed by atoms with Crippen LogP contribution in [0.4, 0.5) is 5.69 Å². The summed E-state index contributed by atoms with van der Waals surface area (Å²) in [5.74, 6) is -0.799. The maximum Gasteiger partial charge on any atom is 0.264 e. The number of carbonyl (C=O) groups excluding carboxylic acids is 2. The Balaban J connectivity index is 2.03. The van der Waals surface area contributed by atoms with Gasteiger partial charge in [0, 0.05) is 18.1 Å². The molecule has 0 unspecified atom stereocenters. The summed E-state index contributed by atoms with van der Waals surface area (Å²) in [6, 6.07) is 19.9. The number of unbranched alkanes of at least 4 members (excludes halogenated alkanes) is 1. The number of amides is 2. The van der Waals surface area contributed by atoms with Crippen molar-refractivity contribution < 1.29 is 18.0 Å². The predicted octanol–water partition coefficient (Wildman–Crippen LogP) is 5.49. The summed E-state index contributed by atoms with van der Waals surface area (Å²) >= 11 is 6.36. The normalized spacial score (nSPS) is 12.0. The number of benzene rings is 3. The lowest BCUT2D eigenvalue weighted by molar-refractivity contribution is -0.139. The fourth-order valence-electron chi connectivity index (χ4n) is 4.12. The summed E-state index contributed by atoms with van der Waals surface area (Å²) in [7, 11) is -4.15. The number of nitrogens with zero attached hydrogens (tertiary/aromatic N) is 2. The van der Waals surface area contributed by atoms with Gasteiger partial charge < -0.3 is 10.2 Å². The summed E-state index contributed by atoms with van der Waals surface area (Å²) in [5.41, 5.74) is 2.57. The number of rotatable bonds is 12. The number of halogens is 1. The van der Waals surface area contributed by atoms with Crippen molar-refractivity contribution in [1.82, 2.24) is 10.2 Å². The van der Waals surface area contributed by atoms with Crippen molar-refractivity contribution in [2.75, 3.05) is 17.4 Å². The third-order valence-electron chi connectivity index (χ3n) is 6.59. The summed E-state index contributed by atoms with van der Waals surface area (Å²) in [4.78, 5) is 28.4. The van der Waals surface area contributed by atoms with Crippen LogP contribution in [0.15, 0.2) is 77.7 Å². The van der Waals surface area contributed by atoms with Gasteiger partial charge in [0.05, 0.1) is 10.6 Å². The van der Waals surface area contributed by atoms with Gasteiger partial charge in [-0.05, 0) is 62.6 Å². The molecule has 0 fully saturated rings. The zero-order valence-corrected chi connectivity index (χ0v) is 24.4. The Morgan fingerprint density at radius 3 is 2.26 bits per heavy atom. The Morgan fingerprint density at radius 2 is 1.62 bits per heavy atom. The molecule has 0 bridgehead atoms. The first kappa shape index (κ1) is 30.2. The highest BCUT2D eigenvalue weighted by Crippen LogP contribution is 2.31. The van der Waals surface area contributed by atoms with Crippen molar-refractivity contribution in [3.63, 3.8) is 0 Å². The van der Waals surface area contributed by atoms with E-state index < -0.39 is 28.5 Å². The molecule has 3 aromatic carbocycles. The van der Waals surface area contributed by atoms with Gasteiger partial charge in [0.2, 0.25) is 11.8 Å². The van der Waals surface area contributed by atoms with E-state index in [1.807, 2.05) is 44.2 Å². The Hall–Kier alpha value is -3.36. The summed E-state index contributed by atoms with van der Waals surface area (Å²) < 4.78 is 29.0. The van der Waals surface area contributed by atoms with Crippen LogP contribution < -0.4 is 9.62 Å². The zero-order chi connectivity index (χ0) is 28.6. The van der Waals surface area contributed by atoms with Crippen molar-refractivity contribution in [2.45, 2.75) is 58.0 Å². The molecule has 0 aromatic heterocycles. The molecule has 0 aliphatic heterocycles. The second-order valence-corrected chi connectivity index (χ2v) is 11.8. The van der Waals surface area contributed by atoms with Gasteiger partial charge in [-0.25, -0.2) is 8.42 Å². The van der Waals surface area contributed by atoms with Crippen molar-refractivity contribution in [2.24, 2.45) is 0 Å². The van der Waals surface area contributed by atoms with Crippen LogP contribution in [0.5, 0.6) is 0 Å². The first-order valence-electron chi connectivity index (χ1n) is 13.0. The van der Waals surface area contributed by atoms with E-state index in [0.29, 0.717) is 22.8 Å². The first-order chi connectivity index (χ1) is 18.6. The van der Waals surface area contributed by atoms with Gasteiger partial charge in [-0.2, -0.15) is 0 Å². The lowest BCUT2D eigenvalue weighted by atomic mass is 10.1. The second-order valence-electron chi connectivity index (χ2n) is 9.54. The van der Waals surface area contributed by atoms with Crippen molar-refractivity contribution in [1.29, 1.82) is 0 Å². The van der Waals surface area contributed by atoms with E-state index >= 15 is 0 Å². The molecule has 0 spiro atoms. The predicted molar refractivity (Wildman–Crippen MR) is 156 cm³/mol. The maximum absolute atomic E-state index is 13.9. The van der Waals surface area contributed by atoms with Crippen LogP contribution in [0.25, 0.3) is 0 Å². The number of nitrogens with one attached hydrogen (secondary N) is 1. The fraction of sp³-hybridized carbons (Fsp3) is 0.333. The number of sulfonamides is 1. The molecule has 9 heteroatoms. The van der Waals surface area contributed by atoms with Gasteiger partial charge in [0.1, 0.15) is 12.6 Å². The van der Waals surface area contributed by atoms with Crippen LogP contribution in [0.1, 0.15) is 43.4 Å². The summed E-state index contributed by atoms with van der Waals surface area (Å²) in [6.45, 7) is 7.42. The third kappa shape index (κ3) is 7.61. The van der Waals surface area contributed by atoms with E-state index in [9.17, 15) is 18.0 Å². The molecule has 7 nitrogen and oxygen atoms in total. The van der Waals surface area contributed by atoms with Gasteiger partial charge in [-0.1, -0.05) is 79.0 Å². The minimum absolute atomic E-state index is 0.0558. The third-order valence-corrected chi connectivity index (χ3v) is 8.77. The van der Waals surface area contributed by atoms with Crippen molar-refractivity contribution >= 4 is 39.1 Å². The van der Waals surface area contributed by atoms with Gasteiger partial charge in [-0.3, -0.25) is 13.9 Å². The molecule has 3 aromatic rings. The van der Waals surface area contributed by atoms with Gasteiger partial charge in [0.25, 0.3) is 10.0 Å². The van der Waals surface area contributed by atoms with Crippen molar-refractivity contribution in [3.8, 4) is 0 Å². The molecule has 39 heavy (non-hydrogen) atoms. The highest BCUT2D eigenvalue weighted by Gasteiger charge is 2.33. The molecule has 0 aliphatic rings. The summed E-state index contributed by atoms with van der Waals surface area (Å²) in [6.07, 6.45) is 1.74. The molecule has 0 saturated heterocycles. The Bertz CT molecular complexity index is 1380. The van der Waals surface area contributed by atoms with E-state index in [1.165, 1.54) is 17.0 Å². The molecule has 3 rings (SSSR count). The van der Waals surface area contributed by atoms with E-state index in [0.717, 1.165) is 28.3 Å².